The van der Waals surface area contributed by atoms with Crippen molar-refractivity contribution in [1.82, 2.24) is 4.98 Å². The SMILES string of the molecule is Cc1sc(NC(=O)c2ccc3ccccc3c2C(=O)O)nc1-c1ccc(CN)cc1. The normalized spacial score (nSPS) is 10.9. The highest BCUT2D eigenvalue weighted by molar-refractivity contribution is 7.16. The lowest BCUT2D eigenvalue weighted by Gasteiger charge is -2.09. The molecular weight excluding hydrogens is 398 g/mol. The Labute approximate surface area is 177 Å². The molecule has 30 heavy (non-hydrogen) atoms. The number of fused-ring (bicyclic) bond motifs is 1. The highest BCUT2D eigenvalue weighted by atomic mass is 32.1. The van der Waals surface area contributed by atoms with Gasteiger partial charge in [0.2, 0.25) is 0 Å². The minimum Gasteiger partial charge on any atom is -0.478 e. The van der Waals surface area contributed by atoms with Crippen molar-refractivity contribution >= 4 is 39.1 Å². The summed E-state index contributed by atoms with van der Waals surface area (Å²) in [6, 6.07) is 18.2. The summed E-state index contributed by atoms with van der Waals surface area (Å²) in [5.74, 6) is -1.65. The number of benzene rings is 3. The Bertz CT molecular complexity index is 1260. The summed E-state index contributed by atoms with van der Waals surface area (Å²) in [5.41, 5.74) is 8.46. The molecule has 6 nitrogen and oxygen atoms in total. The molecule has 4 aromatic rings. The van der Waals surface area contributed by atoms with E-state index in [2.05, 4.69) is 10.3 Å². The number of hydrogen-bond acceptors (Lipinski definition) is 5. The van der Waals surface area contributed by atoms with Gasteiger partial charge >= 0.3 is 5.97 Å². The van der Waals surface area contributed by atoms with E-state index in [-0.39, 0.29) is 11.1 Å². The van der Waals surface area contributed by atoms with Gasteiger partial charge in [0.25, 0.3) is 5.91 Å². The van der Waals surface area contributed by atoms with Crippen LogP contribution in [-0.4, -0.2) is 22.0 Å². The van der Waals surface area contributed by atoms with Crippen LogP contribution in [-0.2, 0) is 6.54 Å². The smallest absolute Gasteiger partial charge is 0.337 e. The molecule has 3 aromatic carbocycles. The Morgan fingerprint density at radius 2 is 1.80 bits per heavy atom. The van der Waals surface area contributed by atoms with Crippen molar-refractivity contribution in [3.63, 3.8) is 0 Å². The van der Waals surface area contributed by atoms with Gasteiger partial charge < -0.3 is 10.8 Å². The molecule has 1 amide bonds. The van der Waals surface area contributed by atoms with E-state index in [0.29, 0.717) is 17.1 Å². The zero-order valence-electron chi connectivity index (χ0n) is 16.2. The van der Waals surface area contributed by atoms with Crippen LogP contribution in [0, 0.1) is 6.92 Å². The van der Waals surface area contributed by atoms with Crippen LogP contribution in [0.1, 0.15) is 31.2 Å². The van der Waals surface area contributed by atoms with Gasteiger partial charge in [0, 0.05) is 17.0 Å². The van der Waals surface area contributed by atoms with E-state index in [1.807, 2.05) is 43.3 Å². The zero-order chi connectivity index (χ0) is 21.3. The van der Waals surface area contributed by atoms with Crippen molar-refractivity contribution in [1.29, 1.82) is 0 Å². The lowest BCUT2D eigenvalue weighted by molar-refractivity contribution is 0.0695. The average Bonchev–Trinajstić information content (AvgIpc) is 3.12. The number of nitrogens with one attached hydrogen (secondary N) is 1. The summed E-state index contributed by atoms with van der Waals surface area (Å²) in [7, 11) is 0. The van der Waals surface area contributed by atoms with E-state index in [9.17, 15) is 14.7 Å². The van der Waals surface area contributed by atoms with Gasteiger partial charge in [-0.1, -0.05) is 54.6 Å². The molecule has 1 aromatic heterocycles. The molecule has 0 fully saturated rings. The molecule has 0 unspecified atom stereocenters. The number of carbonyl (C=O) groups excluding carboxylic acids is 1. The maximum absolute atomic E-state index is 12.9. The van der Waals surface area contributed by atoms with Crippen molar-refractivity contribution in [3.8, 4) is 11.3 Å². The Balaban J connectivity index is 1.66. The van der Waals surface area contributed by atoms with Crippen molar-refractivity contribution in [2.45, 2.75) is 13.5 Å². The number of aromatic nitrogens is 1. The first-order valence-corrected chi connectivity index (χ1v) is 10.1. The number of nitrogens with two attached hydrogens (primary N) is 1. The molecule has 0 aliphatic carbocycles. The van der Waals surface area contributed by atoms with Crippen molar-refractivity contribution in [2.75, 3.05) is 5.32 Å². The molecule has 0 bridgehead atoms. The third-order valence-electron chi connectivity index (χ3n) is 4.87. The Morgan fingerprint density at radius 1 is 1.07 bits per heavy atom. The average molecular weight is 417 g/mol. The molecule has 0 aliphatic rings. The fourth-order valence-corrected chi connectivity index (χ4v) is 4.20. The largest absolute Gasteiger partial charge is 0.478 e. The number of amides is 1. The molecule has 0 saturated carbocycles. The van der Waals surface area contributed by atoms with Gasteiger partial charge in [-0.3, -0.25) is 10.1 Å². The second-order valence-corrected chi connectivity index (χ2v) is 8.00. The number of hydrogen-bond donors (Lipinski definition) is 3. The quantitative estimate of drug-likeness (QED) is 0.437. The molecule has 0 spiro atoms. The number of aryl methyl sites for hydroxylation is 1. The number of anilines is 1. The number of carboxylic acids is 1. The number of rotatable bonds is 5. The third-order valence-corrected chi connectivity index (χ3v) is 5.75. The molecule has 0 aliphatic heterocycles. The monoisotopic (exact) mass is 417 g/mol. The first kappa shape index (κ1) is 19.8. The fraction of sp³-hybridized carbons (Fsp3) is 0.0870. The molecule has 4 N–H and O–H groups in total. The van der Waals surface area contributed by atoms with Gasteiger partial charge in [0.1, 0.15) is 0 Å². The highest BCUT2D eigenvalue weighted by Gasteiger charge is 2.21. The van der Waals surface area contributed by atoms with Gasteiger partial charge in [0.15, 0.2) is 5.13 Å². The van der Waals surface area contributed by atoms with Crippen LogP contribution in [0.15, 0.2) is 60.7 Å². The van der Waals surface area contributed by atoms with E-state index >= 15 is 0 Å². The van der Waals surface area contributed by atoms with Gasteiger partial charge in [-0.05, 0) is 29.3 Å². The van der Waals surface area contributed by atoms with Gasteiger partial charge in [-0.2, -0.15) is 0 Å². The molecule has 150 valence electrons. The first-order valence-electron chi connectivity index (χ1n) is 9.31. The Hall–Kier alpha value is -3.55. The third kappa shape index (κ3) is 3.68. The summed E-state index contributed by atoms with van der Waals surface area (Å²) in [5, 5.41) is 14.2. The minimum absolute atomic E-state index is 0.0172. The molecule has 0 atom stereocenters. The minimum atomic E-state index is -1.15. The Morgan fingerprint density at radius 3 is 2.50 bits per heavy atom. The van der Waals surface area contributed by atoms with Crippen molar-refractivity contribution in [3.05, 3.63) is 82.2 Å². The Kier molecular flexibility index (Phi) is 5.31. The van der Waals surface area contributed by atoms with E-state index in [1.165, 1.54) is 17.4 Å². The number of carboxylic acid groups (broad SMARTS) is 1. The summed E-state index contributed by atoms with van der Waals surface area (Å²) in [6.45, 7) is 2.40. The second-order valence-electron chi connectivity index (χ2n) is 6.79. The maximum Gasteiger partial charge on any atom is 0.337 e. The van der Waals surface area contributed by atoms with Crippen molar-refractivity contribution in [2.24, 2.45) is 5.73 Å². The van der Waals surface area contributed by atoms with Crippen LogP contribution in [0.3, 0.4) is 0 Å². The van der Waals surface area contributed by atoms with E-state index < -0.39 is 11.9 Å². The van der Waals surface area contributed by atoms with Gasteiger partial charge in [-0.15, -0.1) is 11.3 Å². The second kappa shape index (κ2) is 8.06. The molecule has 1 heterocycles. The summed E-state index contributed by atoms with van der Waals surface area (Å²) in [6.07, 6.45) is 0. The summed E-state index contributed by atoms with van der Waals surface area (Å²) < 4.78 is 0. The van der Waals surface area contributed by atoms with E-state index in [4.69, 9.17) is 5.73 Å². The van der Waals surface area contributed by atoms with E-state index in [1.54, 1.807) is 18.2 Å². The standard InChI is InChI=1S/C23H19N3O3S/c1-13-20(16-8-6-14(12-24)7-9-16)25-23(30-13)26-21(27)18-11-10-15-4-2-3-5-17(15)19(18)22(28)29/h2-11H,12,24H2,1H3,(H,28,29)(H,25,26,27). The summed E-state index contributed by atoms with van der Waals surface area (Å²) in [4.78, 5) is 30.3. The lowest BCUT2D eigenvalue weighted by Crippen LogP contribution is -2.16. The van der Waals surface area contributed by atoms with Gasteiger partial charge in [0.05, 0.1) is 16.8 Å². The van der Waals surface area contributed by atoms with Crippen molar-refractivity contribution < 1.29 is 14.7 Å². The predicted molar refractivity (Wildman–Crippen MR) is 119 cm³/mol. The lowest BCUT2D eigenvalue weighted by atomic mass is 9.98. The van der Waals surface area contributed by atoms with E-state index in [0.717, 1.165) is 27.1 Å². The fourth-order valence-electron chi connectivity index (χ4n) is 3.37. The molecule has 0 radical (unpaired) electrons. The predicted octanol–water partition coefficient (Wildman–Crippen LogP) is 4.68. The van der Waals surface area contributed by atoms with Crippen LogP contribution in [0.25, 0.3) is 22.0 Å². The van der Waals surface area contributed by atoms with Crippen LogP contribution in [0.5, 0.6) is 0 Å². The maximum atomic E-state index is 12.9. The van der Waals surface area contributed by atoms with Crippen LogP contribution >= 0.6 is 11.3 Å². The van der Waals surface area contributed by atoms with Crippen LogP contribution < -0.4 is 11.1 Å². The summed E-state index contributed by atoms with van der Waals surface area (Å²) >= 11 is 1.34. The van der Waals surface area contributed by atoms with Gasteiger partial charge in [-0.25, -0.2) is 9.78 Å². The molecule has 0 saturated heterocycles. The van der Waals surface area contributed by atoms with Crippen LogP contribution in [0.4, 0.5) is 5.13 Å². The molecular formula is C23H19N3O3S. The molecule has 4 rings (SSSR count). The number of carbonyl (C=O) groups is 2. The number of thiazole rings is 1. The molecule has 7 heteroatoms. The number of aromatic carboxylic acids is 1. The highest BCUT2D eigenvalue weighted by Crippen LogP contribution is 2.31. The van der Waals surface area contributed by atoms with Crippen LogP contribution in [0.2, 0.25) is 0 Å². The first-order chi connectivity index (χ1) is 14.5. The topological polar surface area (TPSA) is 105 Å². The number of nitrogens with zero attached hydrogens (tertiary/aromatic N) is 1. The zero-order valence-corrected chi connectivity index (χ0v) is 17.0.